The second-order valence-electron chi connectivity index (χ2n) is 12.2. The van der Waals surface area contributed by atoms with E-state index in [-0.39, 0.29) is 24.2 Å². The minimum atomic E-state index is -4.41. The zero-order valence-corrected chi connectivity index (χ0v) is 29.5. The van der Waals surface area contributed by atoms with Crippen LogP contribution in [0.4, 0.5) is 17.6 Å². The molecular formula is C38H40F4N6O2S. The highest BCUT2D eigenvalue weighted by Gasteiger charge is 2.30. The summed E-state index contributed by atoms with van der Waals surface area (Å²) in [6.07, 6.45) is 0.652. The van der Waals surface area contributed by atoms with Gasteiger partial charge in [-0.15, -0.1) is 0 Å². The van der Waals surface area contributed by atoms with E-state index in [4.69, 9.17) is 0 Å². The average Bonchev–Trinajstić information content (AvgIpc) is 3.67. The van der Waals surface area contributed by atoms with Crippen LogP contribution in [0.25, 0.3) is 11.1 Å². The van der Waals surface area contributed by atoms with E-state index in [1.54, 1.807) is 40.2 Å². The van der Waals surface area contributed by atoms with Gasteiger partial charge in [-0.05, 0) is 65.2 Å². The number of carbonyl (C=O) groups is 1. The van der Waals surface area contributed by atoms with Gasteiger partial charge in [-0.3, -0.25) is 14.7 Å². The SMILES string of the molecule is CCN(CC)CCN(Cc1ccc(-c2ccc(C(F)(F)F)cc2)cc1)C(=O)Cn1cc(C(C)c2cn[nH]c2)c(=O)nc1SCc1ccc(F)cc1. The summed E-state index contributed by atoms with van der Waals surface area (Å²) >= 11 is 1.29. The van der Waals surface area contributed by atoms with Crippen molar-refractivity contribution in [3.05, 3.63) is 135 Å². The van der Waals surface area contributed by atoms with Crippen molar-refractivity contribution in [1.82, 2.24) is 29.5 Å². The van der Waals surface area contributed by atoms with Crippen LogP contribution in [0.2, 0.25) is 0 Å². The van der Waals surface area contributed by atoms with Gasteiger partial charge >= 0.3 is 6.18 Å². The molecule has 5 rings (SSSR count). The number of likely N-dealkylation sites (N-methyl/N-ethyl adjacent to an activating group) is 1. The molecule has 8 nitrogen and oxygen atoms in total. The lowest BCUT2D eigenvalue weighted by atomic mass is 9.98. The molecule has 1 atom stereocenters. The minimum Gasteiger partial charge on any atom is -0.336 e. The predicted octanol–water partition coefficient (Wildman–Crippen LogP) is 7.61. The average molecular weight is 721 g/mol. The van der Waals surface area contributed by atoms with Crippen molar-refractivity contribution >= 4 is 17.7 Å². The number of carbonyl (C=O) groups excluding carboxylic acids is 1. The topological polar surface area (TPSA) is 87.1 Å². The number of benzene rings is 3. The zero-order chi connectivity index (χ0) is 36.5. The standard InChI is InChI=1S/C38H40F4N6O2S/c1-4-46(5-2)18-19-47(22-27-6-10-29(11-7-27)30-12-14-32(15-13-30)38(40,41)42)35(49)24-48-23-34(26(3)31-20-43-44-21-31)36(50)45-37(48)51-25-28-8-16-33(39)17-9-28/h6-17,20-21,23,26H,4-5,18-19,22,24-25H2,1-3H3,(H,43,44). The van der Waals surface area contributed by atoms with Crippen LogP contribution >= 0.6 is 11.8 Å². The number of alkyl halides is 3. The number of amides is 1. The summed E-state index contributed by atoms with van der Waals surface area (Å²) < 4.78 is 54.4. The molecule has 5 aromatic rings. The molecule has 1 unspecified atom stereocenters. The molecule has 0 saturated carbocycles. The number of thioether (sulfide) groups is 1. The molecule has 3 aromatic carbocycles. The zero-order valence-electron chi connectivity index (χ0n) is 28.7. The number of nitrogens with one attached hydrogen (secondary N) is 1. The van der Waals surface area contributed by atoms with Gasteiger partial charge in [0.15, 0.2) is 5.16 Å². The van der Waals surface area contributed by atoms with E-state index >= 15 is 0 Å². The molecule has 0 aliphatic carbocycles. The number of rotatable bonds is 15. The first-order chi connectivity index (χ1) is 24.4. The van der Waals surface area contributed by atoms with E-state index in [0.717, 1.165) is 47.5 Å². The second-order valence-corrected chi connectivity index (χ2v) is 13.1. The van der Waals surface area contributed by atoms with E-state index in [1.165, 1.54) is 36.0 Å². The van der Waals surface area contributed by atoms with Crippen LogP contribution in [0.1, 0.15) is 54.5 Å². The Balaban J connectivity index is 1.41. The lowest BCUT2D eigenvalue weighted by Gasteiger charge is -2.27. The Morgan fingerprint density at radius 1 is 0.922 bits per heavy atom. The molecule has 1 N–H and O–H groups in total. The van der Waals surface area contributed by atoms with Crippen LogP contribution < -0.4 is 5.56 Å². The predicted molar refractivity (Wildman–Crippen MR) is 191 cm³/mol. The van der Waals surface area contributed by atoms with E-state index in [9.17, 15) is 27.2 Å². The van der Waals surface area contributed by atoms with Crippen molar-refractivity contribution in [2.24, 2.45) is 0 Å². The molecule has 0 radical (unpaired) electrons. The molecule has 1 amide bonds. The van der Waals surface area contributed by atoms with Gasteiger partial charge in [-0.2, -0.15) is 23.3 Å². The third-order valence-corrected chi connectivity index (χ3v) is 9.93. The first-order valence-corrected chi connectivity index (χ1v) is 17.7. The number of nitrogens with zero attached hydrogens (tertiary/aromatic N) is 5. The van der Waals surface area contributed by atoms with Crippen LogP contribution in [-0.4, -0.2) is 61.6 Å². The first-order valence-electron chi connectivity index (χ1n) is 16.7. The number of halogens is 4. The highest BCUT2D eigenvalue weighted by atomic mass is 32.2. The van der Waals surface area contributed by atoms with Gasteiger partial charge in [-0.1, -0.05) is 81.1 Å². The summed E-state index contributed by atoms with van der Waals surface area (Å²) in [6.45, 7) is 8.98. The Hall–Kier alpha value is -4.75. The molecule has 0 aliphatic heterocycles. The number of H-pyrrole nitrogens is 1. The molecule has 0 bridgehead atoms. The van der Waals surface area contributed by atoms with Gasteiger partial charge in [-0.25, -0.2) is 4.39 Å². The fourth-order valence-corrected chi connectivity index (χ4v) is 6.56. The van der Waals surface area contributed by atoms with Gasteiger partial charge in [0, 0.05) is 49.3 Å². The smallest absolute Gasteiger partial charge is 0.336 e. The van der Waals surface area contributed by atoms with Crippen LogP contribution in [-0.2, 0) is 29.8 Å². The van der Waals surface area contributed by atoms with Crippen molar-refractivity contribution in [1.29, 1.82) is 0 Å². The fraction of sp³-hybridized carbons (Fsp3) is 0.316. The molecule has 0 aliphatic rings. The largest absolute Gasteiger partial charge is 0.416 e. The Kier molecular flexibility index (Phi) is 12.5. The van der Waals surface area contributed by atoms with Gasteiger partial charge in [0.25, 0.3) is 5.56 Å². The summed E-state index contributed by atoms with van der Waals surface area (Å²) in [5.41, 5.74) is 3.23. The molecule has 2 aromatic heterocycles. The Labute approximate surface area is 298 Å². The van der Waals surface area contributed by atoms with Crippen LogP contribution in [0, 0.1) is 5.82 Å². The quantitative estimate of drug-likeness (QED) is 0.0681. The lowest BCUT2D eigenvalue weighted by Crippen LogP contribution is -2.40. The van der Waals surface area contributed by atoms with E-state index < -0.39 is 17.3 Å². The van der Waals surface area contributed by atoms with Crippen molar-refractivity contribution < 1.29 is 22.4 Å². The molecule has 51 heavy (non-hydrogen) atoms. The summed E-state index contributed by atoms with van der Waals surface area (Å²) in [4.78, 5) is 35.9. The highest BCUT2D eigenvalue weighted by Crippen LogP contribution is 2.31. The summed E-state index contributed by atoms with van der Waals surface area (Å²) in [5, 5.41) is 7.15. The van der Waals surface area contributed by atoms with Crippen molar-refractivity contribution in [3.8, 4) is 11.1 Å². The molecule has 2 heterocycles. The van der Waals surface area contributed by atoms with E-state index in [0.29, 0.717) is 41.7 Å². The first kappa shape index (κ1) is 37.5. The maximum Gasteiger partial charge on any atom is 0.416 e. The number of hydrogen-bond donors (Lipinski definition) is 1. The van der Waals surface area contributed by atoms with Crippen LogP contribution in [0.5, 0.6) is 0 Å². The molecule has 0 spiro atoms. The summed E-state index contributed by atoms with van der Waals surface area (Å²) in [5.74, 6) is -0.441. The normalized spacial score (nSPS) is 12.3. The summed E-state index contributed by atoms with van der Waals surface area (Å²) in [7, 11) is 0. The van der Waals surface area contributed by atoms with Crippen LogP contribution in [0.3, 0.4) is 0 Å². The van der Waals surface area contributed by atoms with Crippen molar-refractivity contribution in [2.45, 2.75) is 56.9 Å². The second kappa shape index (κ2) is 17.0. The van der Waals surface area contributed by atoms with Gasteiger partial charge < -0.3 is 14.4 Å². The minimum absolute atomic E-state index is 0.0774. The van der Waals surface area contributed by atoms with E-state index in [1.807, 2.05) is 31.2 Å². The fourth-order valence-electron chi connectivity index (χ4n) is 5.64. The number of aromatic amines is 1. The lowest BCUT2D eigenvalue weighted by molar-refractivity contribution is -0.137. The molecular weight excluding hydrogens is 681 g/mol. The number of aromatic nitrogens is 4. The molecule has 0 saturated heterocycles. The monoisotopic (exact) mass is 720 g/mol. The van der Waals surface area contributed by atoms with Gasteiger partial charge in [0.05, 0.1) is 11.8 Å². The van der Waals surface area contributed by atoms with E-state index in [2.05, 4.69) is 33.9 Å². The highest BCUT2D eigenvalue weighted by molar-refractivity contribution is 7.98. The third-order valence-electron chi connectivity index (χ3n) is 8.86. The number of hydrogen-bond acceptors (Lipinski definition) is 6. The van der Waals surface area contributed by atoms with Crippen molar-refractivity contribution in [3.63, 3.8) is 0 Å². The van der Waals surface area contributed by atoms with Gasteiger partial charge in [0.1, 0.15) is 12.4 Å². The maximum absolute atomic E-state index is 14.2. The van der Waals surface area contributed by atoms with Crippen molar-refractivity contribution in [2.75, 3.05) is 26.2 Å². The molecule has 13 heteroatoms. The molecule has 0 fully saturated rings. The van der Waals surface area contributed by atoms with Crippen LogP contribution in [0.15, 0.2) is 101 Å². The Morgan fingerprint density at radius 3 is 2.14 bits per heavy atom. The van der Waals surface area contributed by atoms with Gasteiger partial charge in [0.2, 0.25) is 5.91 Å². The third kappa shape index (κ3) is 9.95. The maximum atomic E-state index is 14.2. The Morgan fingerprint density at radius 2 is 1.55 bits per heavy atom. The summed E-state index contributed by atoms with van der Waals surface area (Å²) in [6, 6.07) is 18.5. The Bertz CT molecular complexity index is 1930. The molecule has 268 valence electrons.